The van der Waals surface area contributed by atoms with Crippen molar-refractivity contribution in [3.63, 3.8) is 0 Å². The molecule has 7 heteroatoms. The lowest BCUT2D eigenvalue weighted by molar-refractivity contribution is -0.113. The van der Waals surface area contributed by atoms with Crippen molar-refractivity contribution in [2.45, 2.75) is 12.2 Å². The molecule has 0 radical (unpaired) electrons. The molecule has 0 saturated carbocycles. The average Bonchev–Trinajstić information content (AvgIpc) is 2.83. The number of thioether (sulfide) groups is 1. The number of benzene rings is 1. The number of rotatable bonds is 2. The second-order valence-electron chi connectivity index (χ2n) is 5.71. The van der Waals surface area contributed by atoms with Crippen molar-refractivity contribution in [3.8, 4) is 5.82 Å². The van der Waals surface area contributed by atoms with Crippen molar-refractivity contribution in [3.05, 3.63) is 71.3 Å². The normalized spacial score (nSPS) is 16.9. The Bertz CT molecular complexity index is 942. The van der Waals surface area contributed by atoms with Gasteiger partial charge in [-0.2, -0.15) is 9.78 Å². The molecule has 1 aromatic carbocycles. The van der Waals surface area contributed by atoms with Crippen LogP contribution in [0.2, 0.25) is 0 Å². The molecule has 1 amide bonds. The van der Waals surface area contributed by atoms with Crippen LogP contribution in [0.3, 0.4) is 0 Å². The third kappa shape index (κ3) is 2.80. The average molecular weight is 354 g/mol. The Hall–Kier alpha value is -2.67. The second kappa shape index (κ2) is 6.33. The lowest BCUT2D eigenvalue weighted by Crippen LogP contribution is -2.16. The standard InChI is InChI=1S/C18H15FN4OS/c1-11-16-17(12-6-2-3-7-13(12)19)25-10-15(24)21-18(16)23(22-11)14-8-4-5-9-20-14/h2-9,17H,10H2,1H3,(H,21,24)/t17-/m1/s1. The molecule has 3 aromatic rings. The van der Waals surface area contributed by atoms with Gasteiger partial charge in [-0.05, 0) is 25.1 Å². The molecule has 25 heavy (non-hydrogen) atoms. The highest BCUT2D eigenvalue weighted by Gasteiger charge is 2.32. The van der Waals surface area contributed by atoms with Gasteiger partial charge in [-0.15, -0.1) is 11.8 Å². The van der Waals surface area contributed by atoms with Gasteiger partial charge in [0.2, 0.25) is 5.91 Å². The summed E-state index contributed by atoms with van der Waals surface area (Å²) in [6.45, 7) is 1.87. The van der Waals surface area contributed by atoms with Gasteiger partial charge in [-0.3, -0.25) is 4.79 Å². The van der Waals surface area contributed by atoms with Gasteiger partial charge in [0.05, 0.1) is 16.7 Å². The molecule has 1 N–H and O–H groups in total. The number of nitrogens with zero attached hydrogens (tertiary/aromatic N) is 3. The van der Waals surface area contributed by atoms with E-state index in [-0.39, 0.29) is 22.7 Å². The van der Waals surface area contributed by atoms with Crippen LogP contribution in [0.4, 0.5) is 10.2 Å². The van der Waals surface area contributed by atoms with Gasteiger partial charge < -0.3 is 5.32 Å². The first kappa shape index (κ1) is 15.8. The molecule has 1 aliphatic heterocycles. The molecule has 5 nitrogen and oxygen atoms in total. The summed E-state index contributed by atoms with van der Waals surface area (Å²) in [6.07, 6.45) is 1.67. The van der Waals surface area contributed by atoms with Crippen LogP contribution in [0.25, 0.3) is 5.82 Å². The summed E-state index contributed by atoms with van der Waals surface area (Å²) in [6, 6.07) is 12.1. The van der Waals surface area contributed by atoms with Crippen molar-refractivity contribution >= 4 is 23.5 Å². The molecule has 0 aliphatic carbocycles. The van der Waals surface area contributed by atoms with Crippen molar-refractivity contribution in [1.82, 2.24) is 14.8 Å². The highest BCUT2D eigenvalue weighted by Crippen LogP contribution is 2.44. The van der Waals surface area contributed by atoms with Crippen LogP contribution in [0.5, 0.6) is 0 Å². The first-order valence-corrected chi connectivity index (χ1v) is 8.87. The van der Waals surface area contributed by atoms with Crippen LogP contribution < -0.4 is 5.32 Å². The molecule has 126 valence electrons. The maximum absolute atomic E-state index is 14.4. The number of amides is 1. The van der Waals surface area contributed by atoms with Crippen molar-refractivity contribution < 1.29 is 9.18 Å². The summed E-state index contributed by atoms with van der Waals surface area (Å²) >= 11 is 1.40. The van der Waals surface area contributed by atoms with Gasteiger partial charge in [0.25, 0.3) is 0 Å². The van der Waals surface area contributed by atoms with Crippen LogP contribution in [-0.4, -0.2) is 26.4 Å². The smallest absolute Gasteiger partial charge is 0.235 e. The Morgan fingerprint density at radius 1 is 1.24 bits per heavy atom. The van der Waals surface area contributed by atoms with Crippen molar-refractivity contribution in [2.75, 3.05) is 11.1 Å². The summed E-state index contributed by atoms with van der Waals surface area (Å²) in [4.78, 5) is 16.5. The number of pyridine rings is 1. The quantitative estimate of drug-likeness (QED) is 0.765. The topological polar surface area (TPSA) is 59.8 Å². The number of nitrogens with one attached hydrogen (secondary N) is 1. The largest absolute Gasteiger partial charge is 0.310 e. The Balaban J connectivity index is 1.92. The third-order valence-electron chi connectivity index (χ3n) is 4.06. The lowest BCUT2D eigenvalue weighted by atomic mass is 10.0. The van der Waals surface area contributed by atoms with E-state index in [4.69, 9.17) is 0 Å². The Kier molecular flexibility index (Phi) is 4.01. The molecule has 0 saturated heterocycles. The fourth-order valence-electron chi connectivity index (χ4n) is 2.96. The van der Waals surface area contributed by atoms with Crippen LogP contribution in [0.15, 0.2) is 48.7 Å². The van der Waals surface area contributed by atoms with E-state index in [0.717, 1.165) is 11.3 Å². The van der Waals surface area contributed by atoms with E-state index < -0.39 is 0 Å². The Morgan fingerprint density at radius 3 is 2.80 bits per heavy atom. The number of aryl methyl sites for hydroxylation is 1. The molecule has 0 fully saturated rings. The molecule has 0 unspecified atom stereocenters. The van der Waals surface area contributed by atoms with Crippen molar-refractivity contribution in [2.24, 2.45) is 0 Å². The van der Waals surface area contributed by atoms with Crippen LogP contribution in [0, 0.1) is 12.7 Å². The van der Waals surface area contributed by atoms with Gasteiger partial charge in [-0.25, -0.2) is 9.37 Å². The zero-order chi connectivity index (χ0) is 17.4. The van der Waals surface area contributed by atoms with E-state index in [1.807, 2.05) is 25.1 Å². The molecule has 0 bridgehead atoms. The van der Waals surface area contributed by atoms with Gasteiger partial charge in [0.1, 0.15) is 11.6 Å². The van der Waals surface area contributed by atoms with Gasteiger partial charge in [0, 0.05) is 17.3 Å². The third-order valence-corrected chi connectivity index (χ3v) is 5.31. The zero-order valence-electron chi connectivity index (χ0n) is 13.4. The first-order chi connectivity index (χ1) is 12.1. The minimum atomic E-state index is -0.312. The van der Waals surface area contributed by atoms with E-state index in [9.17, 15) is 9.18 Å². The molecular formula is C18H15FN4OS. The van der Waals surface area contributed by atoms with Crippen LogP contribution in [0.1, 0.15) is 22.1 Å². The van der Waals surface area contributed by atoms with Gasteiger partial charge >= 0.3 is 0 Å². The number of hydrogen-bond acceptors (Lipinski definition) is 4. The predicted molar refractivity (Wildman–Crippen MR) is 95.4 cm³/mol. The number of carbonyl (C=O) groups is 1. The second-order valence-corrected chi connectivity index (χ2v) is 6.80. The lowest BCUT2D eigenvalue weighted by Gasteiger charge is -2.16. The van der Waals surface area contributed by atoms with Crippen LogP contribution >= 0.6 is 11.8 Å². The van der Waals surface area contributed by atoms with E-state index in [1.165, 1.54) is 17.8 Å². The first-order valence-electron chi connectivity index (χ1n) is 7.82. The number of hydrogen-bond donors (Lipinski definition) is 1. The highest BCUT2D eigenvalue weighted by molar-refractivity contribution is 8.00. The summed E-state index contributed by atoms with van der Waals surface area (Å²) < 4.78 is 16.0. The number of aromatic nitrogens is 3. The van der Waals surface area contributed by atoms with E-state index in [0.29, 0.717) is 17.2 Å². The fraction of sp³-hybridized carbons (Fsp3) is 0.167. The number of halogens is 1. The molecule has 4 rings (SSSR count). The summed E-state index contributed by atoms with van der Waals surface area (Å²) in [5.74, 6) is 0.980. The molecule has 3 heterocycles. The van der Waals surface area contributed by atoms with E-state index in [1.54, 1.807) is 29.1 Å². The molecule has 1 aliphatic rings. The summed E-state index contributed by atoms with van der Waals surface area (Å²) in [5, 5.41) is 7.14. The van der Waals surface area contributed by atoms with Gasteiger partial charge in [-0.1, -0.05) is 24.3 Å². The monoisotopic (exact) mass is 354 g/mol. The van der Waals surface area contributed by atoms with E-state index >= 15 is 0 Å². The minimum absolute atomic E-state index is 0.137. The molecule has 0 spiro atoms. The van der Waals surface area contributed by atoms with Gasteiger partial charge in [0.15, 0.2) is 5.82 Å². The number of anilines is 1. The predicted octanol–water partition coefficient (Wildman–Crippen LogP) is 3.49. The zero-order valence-corrected chi connectivity index (χ0v) is 14.3. The highest BCUT2D eigenvalue weighted by atomic mass is 32.2. The summed E-state index contributed by atoms with van der Waals surface area (Å²) in [5.41, 5.74) is 2.10. The van der Waals surface area contributed by atoms with Crippen molar-refractivity contribution in [1.29, 1.82) is 0 Å². The maximum Gasteiger partial charge on any atom is 0.235 e. The Labute approximate surface area is 148 Å². The maximum atomic E-state index is 14.4. The fourth-order valence-corrected chi connectivity index (χ4v) is 4.17. The minimum Gasteiger partial charge on any atom is -0.310 e. The molecular weight excluding hydrogens is 339 g/mol. The summed E-state index contributed by atoms with van der Waals surface area (Å²) in [7, 11) is 0. The SMILES string of the molecule is Cc1nn(-c2ccccn2)c2c1[C@@H](c1ccccc1F)SCC(=O)N2. The number of carbonyl (C=O) groups excluding carboxylic acids is 1. The van der Waals surface area contributed by atoms with Crippen LogP contribution in [-0.2, 0) is 4.79 Å². The Morgan fingerprint density at radius 2 is 2.04 bits per heavy atom. The number of fused-ring (bicyclic) bond motifs is 1. The van der Waals surface area contributed by atoms with E-state index in [2.05, 4.69) is 15.4 Å². The molecule has 2 aromatic heterocycles. The molecule has 1 atom stereocenters.